The Labute approximate surface area is 164 Å². The summed E-state index contributed by atoms with van der Waals surface area (Å²) in [6, 6.07) is 12.3. The number of amides is 1. The molecule has 2 aromatic heterocycles. The summed E-state index contributed by atoms with van der Waals surface area (Å²) in [5, 5.41) is 8.19. The Hall–Kier alpha value is -2.73. The van der Waals surface area contributed by atoms with Crippen LogP contribution >= 0.6 is 0 Å². The number of rotatable bonds is 6. The molecule has 1 fully saturated rings. The third-order valence-electron chi connectivity index (χ3n) is 5.29. The maximum absolute atomic E-state index is 12.1. The van der Waals surface area contributed by atoms with Crippen molar-refractivity contribution in [3.63, 3.8) is 0 Å². The van der Waals surface area contributed by atoms with E-state index in [1.807, 2.05) is 19.2 Å². The van der Waals surface area contributed by atoms with Crippen LogP contribution in [0.3, 0.4) is 0 Å². The summed E-state index contributed by atoms with van der Waals surface area (Å²) < 4.78 is 5.29. The second-order valence-electron chi connectivity index (χ2n) is 7.48. The van der Waals surface area contributed by atoms with E-state index in [9.17, 15) is 4.79 Å². The van der Waals surface area contributed by atoms with Gasteiger partial charge in [-0.3, -0.25) is 14.7 Å². The molecule has 6 heteroatoms. The van der Waals surface area contributed by atoms with E-state index < -0.39 is 0 Å². The summed E-state index contributed by atoms with van der Waals surface area (Å²) in [5.41, 5.74) is 3.20. The largest absolute Gasteiger partial charge is 0.351 e. The molecule has 0 saturated carbocycles. The number of hydrogen-bond donors (Lipinski definition) is 1. The second-order valence-corrected chi connectivity index (χ2v) is 7.48. The van der Waals surface area contributed by atoms with E-state index in [4.69, 9.17) is 4.52 Å². The van der Waals surface area contributed by atoms with Crippen LogP contribution in [0.1, 0.15) is 53.9 Å². The molecular weight excluding hydrogens is 352 g/mol. The van der Waals surface area contributed by atoms with E-state index in [0.717, 1.165) is 50.1 Å². The molecule has 0 aliphatic carbocycles. The number of carbonyl (C=O) groups excluding carboxylic acids is 1. The quantitative estimate of drug-likeness (QED) is 0.707. The zero-order valence-corrected chi connectivity index (χ0v) is 16.2. The van der Waals surface area contributed by atoms with E-state index in [2.05, 4.69) is 44.6 Å². The standard InChI is InChI=1S/C22H26N4O2/c1-2-9-24-22(27)21-13-20(25-28-21)18-6-4-11-26(15-18)14-16-7-8-19-17(12-16)5-3-10-23-19/h3,5,7-8,10,12-13,18H,2,4,6,9,11,14-15H2,1H3,(H,24,27). The molecule has 4 rings (SSSR count). The number of pyridine rings is 1. The molecular formula is C22H26N4O2. The summed E-state index contributed by atoms with van der Waals surface area (Å²) in [6.07, 6.45) is 4.91. The van der Waals surface area contributed by atoms with Crippen molar-refractivity contribution in [3.8, 4) is 0 Å². The molecule has 1 unspecified atom stereocenters. The highest BCUT2D eigenvalue weighted by Crippen LogP contribution is 2.28. The lowest BCUT2D eigenvalue weighted by Gasteiger charge is -2.31. The van der Waals surface area contributed by atoms with Crippen molar-refractivity contribution in [1.82, 2.24) is 20.4 Å². The van der Waals surface area contributed by atoms with Gasteiger partial charge in [0, 0.05) is 43.2 Å². The van der Waals surface area contributed by atoms with Gasteiger partial charge in [0.05, 0.1) is 11.2 Å². The molecule has 1 aromatic carbocycles. The molecule has 6 nitrogen and oxygen atoms in total. The van der Waals surface area contributed by atoms with Gasteiger partial charge in [-0.1, -0.05) is 24.2 Å². The van der Waals surface area contributed by atoms with E-state index in [1.165, 1.54) is 10.9 Å². The Balaban J connectivity index is 1.41. The highest BCUT2D eigenvalue weighted by Gasteiger charge is 2.25. The number of nitrogens with zero attached hydrogens (tertiary/aromatic N) is 3. The van der Waals surface area contributed by atoms with E-state index in [0.29, 0.717) is 18.2 Å². The lowest BCUT2D eigenvalue weighted by atomic mass is 9.94. The maximum Gasteiger partial charge on any atom is 0.289 e. The minimum Gasteiger partial charge on any atom is -0.351 e. The highest BCUT2D eigenvalue weighted by molar-refractivity contribution is 5.91. The van der Waals surface area contributed by atoms with Gasteiger partial charge in [0.15, 0.2) is 0 Å². The fraction of sp³-hybridized carbons (Fsp3) is 0.409. The number of piperidine rings is 1. The first-order valence-electron chi connectivity index (χ1n) is 10.0. The van der Waals surface area contributed by atoms with Gasteiger partial charge in [-0.15, -0.1) is 0 Å². The van der Waals surface area contributed by atoms with Crippen LogP contribution < -0.4 is 5.32 Å². The van der Waals surface area contributed by atoms with Crippen LogP contribution in [-0.4, -0.2) is 40.6 Å². The molecule has 1 aliphatic rings. The predicted molar refractivity (Wildman–Crippen MR) is 108 cm³/mol. The van der Waals surface area contributed by atoms with Crippen LogP contribution in [0.25, 0.3) is 10.9 Å². The maximum atomic E-state index is 12.1. The number of carbonyl (C=O) groups is 1. The van der Waals surface area contributed by atoms with Gasteiger partial charge in [0.2, 0.25) is 5.76 Å². The number of nitrogens with one attached hydrogen (secondary N) is 1. The van der Waals surface area contributed by atoms with E-state index in [-0.39, 0.29) is 5.91 Å². The lowest BCUT2D eigenvalue weighted by Crippen LogP contribution is -2.34. The average molecular weight is 378 g/mol. The van der Waals surface area contributed by atoms with Gasteiger partial charge in [0.1, 0.15) is 0 Å². The van der Waals surface area contributed by atoms with Crippen LogP contribution in [0.2, 0.25) is 0 Å². The third-order valence-corrected chi connectivity index (χ3v) is 5.29. The molecule has 3 heterocycles. The molecule has 1 N–H and O–H groups in total. The summed E-state index contributed by atoms with van der Waals surface area (Å²) in [7, 11) is 0. The minimum absolute atomic E-state index is 0.182. The molecule has 146 valence electrons. The van der Waals surface area contributed by atoms with Crippen LogP contribution in [0.5, 0.6) is 0 Å². The fourth-order valence-corrected chi connectivity index (χ4v) is 3.84. The van der Waals surface area contributed by atoms with Crippen molar-refractivity contribution in [2.75, 3.05) is 19.6 Å². The molecule has 0 radical (unpaired) electrons. The zero-order valence-electron chi connectivity index (χ0n) is 16.2. The fourth-order valence-electron chi connectivity index (χ4n) is 3.84. The Morgan fingerprint density at radius 3 is 3.14 bits per heavy atom. The summed E-state index contributed by atoms with van der Waals surface area (Å²) in [4.78, 5) is 18.9. The normalized spacial score (nSPS) is 17.7. The van der Waals surface area contributed by atoms with Crippen molar-refractivity contribution in [2.24, 2.45) is 0 Å². The number of hydrogen-bond acceptors (Lipinski definition) is 5. The minimum atomic E-state index is -0.182. The Kier molecular flexibility index (Phi) is 5.67. The average Bonchev–Trinajstić information content (AvgIpc) is 3.23. The molecule has 1 atom stereocenters. The number of fused-ring (bicyclic) bond motifs is 1. The third kappa shape index (κ3) is 4.22. The van der Waals surface area contributed by atoms with E-state index in [1.54, 1.807) is 6.07 Å². The number of benzene rings is 1. The summed E-state index contributed by atoms with van der Waals surface area (Å²) >= 11 is 0. The number of aromatic nitrogens is 2. The Morgan fingerprint density at radius 1 is 1.32 bits per heavy atom. The Morgan fingerprint density at radius 2 is 2.25 bits per heavy atom. The van der Waals surface area contributed by atoms with Gasteiger partial charge in [-0.05, 0) is 49.6 Å². The Bertz CT molecular complexity index is 952. The predicted octanol–water partition coefficient (Wildman–Crippen LogP) is 3.74. The van der Waals surface area contributed by atoms with Gasteiger partial charge >= 0.3 is 0 Å². The molecule has 1 amide bonds. The van der Waals surface area contributed by atoms with Gasteiger partial charge in [0.25, 0.3) is 5.91 Å². The molecule has 0 spiro atoms. The van der Waals surface area contributed by atoms with Crippen molar-refractivity contribution < 1.29 is 9.32 Å². The first-order chi connectivity index (χ1) is 13.7. The van der Waals surface area contributed by atoms with Crippen LogP contribution in [0.15, 0.2) is 47.1 Å². The SMILES string of the molecule is CCCNC(=O)c1cc(C2CCCN(Cc3ccc4ncccc4c3)C2)no1. The summed E-state index contributed by atoms with van der Waals surface area (Å²) in [5.74, 6) is 0.424. The van der Waals surface area contributed by atoms with Gasteiger partial charge in [-0.2, -0.15) is 0 Å². The van der Waals surface area contributed by atoms with Crippen LogP contribution in [0, 0.1) is 0 Å². The van der Waals surface area contributed by atoms with Crippen LogP contribution in [-0.2, 0) is 6.54 Å². The first kappa shape index (κ1) is 18.6. The van der Waals surface area contributed by atoms with Gasteiger partial charge < -0.3 is 9.84 Å². The van der Waals surface area contributed by atoms with Crippen molar-refractivity contribution >= 4 is 16.8 Å². The smallest absolute Gasteiger partial charge is 0.289 e. The number of likely N-dealkylation sites (tertiary alicyclic amines) is 1. The molecule has 1 aliphatic heterocycles. The van der Waals surface area contributed by atoms with Crippen molar-refractivity contribution in [2.45, 2.75) is 38.6 Å². The first-order valence-corrected chi connectivity index (χ1v) is 10.0. The van der Waals surface area contributed by atoms with Crippen LogP contribution in [0.4, 0.5) is 0 Å². The topological polar surface area (TPSA) is 71.3 Å². The van der Waals surface area contributed by atoms with E-state index >= 15 is 0 Å². The highest BCUT2D eigenvalue weighted by atomic mass is 16.5. The molecule has 0 bridgehead atoms. The van der Waals surface area contributed by atoms with Crippen molar-refractivity contribution in [3.05, 3.63) is 59.6 Å². The molecule has 28 heavy (non-hydrogen) atoms. The molecule has 3 aromatic rings. The molecule has 1 saturated heterocycles. The van der Waals surface area contributed by atoms with Crippen molar-refractivity contribution in [1.29, 1.82) is 0 Å². The monoisotopic (exact) mass is 378 g/mol. The second kappa shape index (κ2) is 8.52. The lowest BCUT2D eigenvalue weighted by molar-refractivity contribution is 0.0916. The van der Waals surface area contributed by atoms with Gasteiger partial charge in [-0.25, -0.2) is 0 Å². The summed E-state index contributed by atoms with van der Waals surface area (Å²) in [6.45, 7) is 5.57. The zero-order chi connectivity index (χ0) is 19.3.